The van der Waals surface area contributed by atoms with Gasteiger partial charge in [-0.3, -0.25) is 9.59 Å². The summed E-state index contributed by atoms with van der Waals surface area (Å²) < 4.78 is 38.6. The molecule has 1 aliphatic rings. The summed E-state index contributed by atoms with van der Waals surface area (Å²) in [6.07, 6.45) is -2.27. The van der Waals surface area contributed by atoms with E-state index in [0.29, 0.717) is 42.7 Å². The van der Waals surface area contributed by atoms with E-state index in [1.165, 1.54) is 18.2 Å². The zero-order valence-electron chi connectivity index (χ0n) is 16.0. The number of fused-ring (bicyclic) bond motifs is 1. The van der Waals surface area contributed by atoms with Crippen molar-refractivity contribution >= 4 is 17.5 Å². The molecule has 2 aromatic carbocycles. The highest BCUT2D eigenvalue weighted by Crippen LogP contribution is 2.35. The van der Waals surface area contributed by atoms with Gasteiger partial charge in [-0.1, -0.05) is 25.6 Å². The number of carbonyl (C=O) groups excluding carboxylic acids is 2. The fourth-order valence-electron chi connectivity index (χ4n) is 3.39. The molecule has 152 valence electrons. The molecule has 0 bridgehead atoms. The molecule has 4 nitrogen and oxygen atoms in total. The Bertz CT molecular complexity index is 950. The van der Waals surface area contributed by atoms with Crippen LogP contribution in [0.2, 0.25) is 0 Å². The van der Waals surface area contributed by atoms with Gasteiger partial charge >= 0.3 is 6.18 Å². The Morgan fingerprint density at radius 1 is 1.17 bits per heavy atom. The second kappa shape index (κ2) is 8.11. The lowest BCUT2D eigenvalue weighted by atomic mass is 9.92. The Kier molecular flexibility index (Phi) is 5.77. The van der Waals surface area contributed by atoms with Crippen molar-refractivity contribution in [3.63, 3.8) is 0 Å². The molecule has 0 saturated heterocycles. The third-order valence-electron chi connectivity index (χ3n) is 4.96. The van der Waals surface area contributed by atoms with Gasteiger partial charge in [0.05, 0.1) is 5.56 Å². The standard InChI is InChI=1S/C22H21F3N2O2/c1-3-20(28)26-19-12-15(14-5-7-17(8-6-14)22(23,24)25)11-16-13-27(21(29)4-2)10-9-18(16)19/h4-8,11-12H,2-3,9-10,13H2,1H3,(H,26,28). The van der Waals surface area contributed by atoms with Crippen molar-refractivity contribution in [2.45, 2.75) is 32.5 Å². The van der Waals surface area contributed by atoms with Crippen LogP contribution in [0.5, 0.6) is 0 Å². The number of carbonyl (C=O) groups is 2. The van der Waals surface area contributed by atoms with Crippen molar-refractivity contribution < 1.29 is 22.8 Å². The highest BCUT2D eigenvalue weighted by atomic mass is 19.4. The van der Waals surface area contributed by atoms with Gasteiger partial charge in [-0.2, -0.15) is 13.2 Å². The largest absolute Gasteiger partial charge is 0.416 e. The van der Waals surface area contributed by atoms with Crippen LogP contribution in [0.4, 0.5) is 18.9 Å². The summed E-state index contributed by atoms with van der Waals surface area (Å²) in [5.41, 5.74) is 2.99. The first-order chi connectivity index (χ1) is 13.7. The Labute approximate surface area is 167 Å². The lowest BCUT2D eigenvalue weighted by molar-refractivity contribution is -0.137. The normalized spacial score (nSPS) is 13.6. The smallest absolute Gasteiger partial charge is 0.335 e. The van der Waals surface area contributed by atoms with E-state index in [1.807, 2.05) is 6.07 Å². The molecule has 1 aliphatic heterocycles. The van der Waals surface area contributed by atoms with Gasteiger partial charge in [0, 0.05) is 25.2 Å². The number of hydrogen-bond acceptors (Lipinski definition) is 2. The summed E-state index contributed by atoms with van der Waals surface area (Å²) in [6.45, 7) is 6.11. The monoisotopic (exact) mass is 402 g/mol. The summed E-state index contributed by atoms with van der Waals surface area (Å²) in [4.78, 5) is 25.6. The lowest BCUT2D eigenvalue weighted by Crippen LogP contribution is -2.35. The first kappa shape index (κ1) is 20.6. The molecule has 0 spiro atoms. The molecule has 29 heavy (non-hydrogen) atoms. The number of nitrogens with zero attached hydrogens (tertiary/aromatic N) is 1. The van der Waals surface area contributed by atoms with E-state index >= 15 is 0 Å². The van der Waals surface area contributed by atoms with E-state index in [0.717, 1.165) is 23.3 Å². The van der Waals surface area contributed by atoms with E-state index in [1.54, 1.807) is 17.9 Å². The Hall–Kier alpha value is -3.09. The minimum Gasteiger partial charge on any atom is -0.335 e. The number of amides is 2. The van der Waals surface area contributed by atoms with Crippen molar-refractivity contribution in [1.82, 2.24) is 4.90 Å². The molecule has 0 fully saturated rings. The van der Waals surface area contributed by atoms with E-state index in [9.17, 15) is 22.8 Å². The SMILES string of the molecule is C=CC(=O)N1CCc2c(cc(-c3ccc(C(F)(F)F)cc3)cc2NC(=O)CC)C1. The molecule has 0 aliphatic carbocycles. The molecule has 2 aromatic rings. The van der Waals surface area contributed by atoms with Crippen LogP contribution < -0.4 is 5.32 Å². The maximum absolute atomic E-state index is 12.9. The Morgan fingerprint density at radius 3 is 2.45 bits per heavy atom. The summed E-state index contributed by atoms with van der Waals surface area (Å²) in [5, 5.41) is 2.88. The molecule has 2 amide bonds. The van der Waals surface area contributed by atoms with E-state index in [-0.39, 0.29) is 11.8 Å². The molecule has 0 saturated carbocycles. The summed E-state index contributed by atoms with van der Waals surface area (Å²) >= 11 is 0. The first-order valence-electron chi connectivity index (χ1n) is 9.27. The highest BCUT2D eigenvalue weighted by molar-refractivity contribution is 5.93. The molecule has 0 radical (unpaired) electrons. The molecule has 0 aromatic heterocycles. The number of hydrogen-bond donors (Lipinski definition) is 1. The van der Waals surface area contributed by atoms with Crippen molar-refractivity contribution in [3.8, 4) is 11.1 Å². The molecular formula is C22H21F3N2O2. The maximum atomic E-state index is 12.9. The highest BCUT2D eigenvalue weighted by Gasteiger charge is 2.30. The molecule has 1 N–H and O–H groups in total. The minimum absolute atomic E-state index is 0.152. The second-order valence-corrected chi connectivity index (χ2v) is 6.85. The average Bonchev–Trinajstić information content (AvgIpc) is 2.71. The predicted octanol–water partition coefficient (Wildman–Crippen LogP) is 4.79. The minimum atomic E-state index is -4.40. The van der Waals surface area contributed by atoms with Crippen LogP contribution in [-0.4, -0.2) is 23.3 Å². The van der Waals surface area contributed by atoms with Crippen LogP contribution in [0.15, 0.2) is 49.1 Å². The third-order valence-corrected chi connectivity index (χ3v) is 4.96. The summed E-state index contributed by atoms with van der Waals surface area (Å²) in [7, 11) is 0. The lowest BCUT2D eigenvalue weighted by Gasteiger charge is -2.30. The maximum Gasteiger partial charge on any atom is 0.416 e. The second-order valence-electron chi connectivity index (χ2n) is 6.85. The molecule has 0 atom stereocenters. The average molecular weight is 402 g/mol. The molecule has 7 heteroatoms. The fraction of sp³-hybridized carbons (Fsp3) is 0.273. The third kappa shape index (κ3) is 4.50. The van der Waals surface area contributed by atoms with Crippen molar-refractivity contribution in [3.05, 3.63) is 65.7 Å². The zero-order valence-corrected chi connectivity index (χ0v) is 16.0. The van der Waals surface area contributed by atoms with Crippen LogP contribution in [0.1, 0.15) is 30.0 Å². The summed E-state index contributed by atoms with van der Waals surface area (Å²) in [5.74, 6) is -0.337. The van der Waals surface area contributed by atoms with Crippen molar-refractivity contribution in [2.24, 2.45) is 0 Å². The number of alkyl halides is 3. The first-order valence-corrected chi connectivity index (χ1v) is 9.27. The quantitative estimate of drug-likeness (QED) is 0.748. The molecule has 3 rings (SSSR count). The van der Waals surface area contributed by atoms with E-state index < -0.39 is 11.7 Å². The molecule has 1 heterocycles. The number of benzene rings is 2. The van der Waals surface area contributed by atoms with Crippen LogP contribution in [0.3, 0.4) is 0 Å². The van der Waals surface area contributed by atoms with Gasteiger partial charge < -0.3 is 10.2 Å². The topological polar surface area (TPSA) is 49.4 Å². The van der Waals surface area contributed by atoms with Crippen LogP contribution in [-0.2, 0) is 28.7 Å². The van der Waals surface area contributed by atoms with Crippen LogP contribution in [0.25, 0.3) is 11.1 Å². The van der Waals surface area contributed by atoms with E-state index in [4.69, 9.17) is 0 Å². The Balaban J connectivity index is 2.03. The van der Waals surface area contributed by atoms with Crippen LogP contribution in [0, 0.1) is 0 Å². The van der Waals surface area contributed by atoms with Gasteiger partial charge in [0.15, 0.2) is 0 Å². The number of anilines is 1. The van der Waals surface area contributed by atoms with Gasteiger partial charge in [0.2, 0.25) is 11.8 Å². The van der Waals surface area contributed by atoms with Gasteiger partial charge in [-0.15, -0.1) is 0 Å². The van der Waals surface area contributed by atoms with Gasteiger partial charge in [0.1, 0.15) is 0 Å². The number of nitrogens with one attached hydrogen (secondary N) is 1. The van der Waals surface area contributed by atoms with Gasteiger partial charge in [-0.05, 0) is 59.0 Å². The number of rotatable bonds is 4. The molecule has 0 unspecified atom stereocenters. The van der Waals surface area contributed by atoms with Gasteiger partial charge in [0.25, 0.3) is 0 Å². The molecular weight excluding hydrogens is 381 g/mol. The summed E-state index contributed by atoms with van der Waals surface area (Å²) in [6, 6.07) is 8.53. The van der Waals surface area contributed by atoms with Crippen molar-refractivity contribution in [1.29, 1.82) is 0 Å². The number of halogens is 3. The predicted molar refractivity (Wildman–Crippen MR) is 105 cm³/mol. The Morgan fingerprint density at radius 2 is 1.86 bits per heavy atom. The fourth-order valence-corrected chi connectivity index (χ4v) is 3.39. The zero-order chi connectivity index (χ0) is 21.2. The van der Waals surface area contributed by atoms with Gasteiger partial charge in [-0.25, -0.2) is 0 Å². The van der Waals surface area contributed by atoms with E-state index in [2.05, 4.69) is 11.9 Å². The van der Waals surface area contributed by atoms with Crippen molar-refractivity contribution in [2.75, 3.05) is 11.9 Å². The van der Waals surface area contributed by atoms with Crippen LogP contribution >= 0.6 is 0 Å².